The average molecular weight is 463 g/mol. The fourth-order valence-electron chi connectivity index (χ4n) is 3.01. The van der Waals surface area contributed by atoms with Crippen LogP contribution in [0.3, 0.4) is 0 Å². The van der Waals surface area contributed by atoms with E-state index in [1.54, 1.807) is 45.9 Å². The van der Waals surface area contributed by atoms with Gasteiger partial charge in [0.15, 0.2) is 11.5 Å². The Labute approximate surface area is 195 Å². The van der Waals surface area contributed by atoms with Crippen molar-refractivity contribution in [2.75, 3.05) is 27.9 Å². The largest absolute Gasteiger partial charge is 0.493 e. The molecule has 0 aliphatic heterocycles. The number of ether oxygens (including phenoxy) is 4. The van der Waals surface area contributed by atoms with E-state index < -0.39 is 35.7 Å². The van der Waals surface area contributed by atoms with Crippen LogP contribution in [0.1, 0.15) is 39.7 Å². The molecule has 1 rings (SSSR count). The number of likely N-dealkylation sites (N-methyl/N-ethyl adjacent to an activating group) is 1. The van der Waals surface area contributed by atoms with Crippen LogP contribution in [-0.2, 0) is 25.5 Å². The lowest BCUT2D eigenvalue weighted by Gasteiger charge is -2.30. The third-order valence-electron chi connectivity index (χ3n) is 4.62. The quantitative estimate of drug-likeness (QED) is 0.421. The predicted octanol–water partition coefficient (Wildman–Crippen LogP) is 2.55. The Kier molecular flexibility index (Phi) is 10.5. The number of benzene rings is 1. The van der Waals surface area contributed by atoms with Crippen molar-refractivity contribution >= 4 is 18.0 Å². The minimum atomic E-state index is -0.981. The molecule has 33 heavy (non-hydrogen) atoms. The first-order chi connectivity index (χ1) is 15.5. The van der Waals surface area contributed by atoms with Crippen LogP contribution in [0.5, 0.6) is 11.5 Å². The number of amides is 2. The van der Waals surface area contributed by atoms with E-state index in [9.17, 15) is 14.4 Å². The van der Waals surface area contributed by atoms with Crippen LogP contribution < -0.4 is 14.8 Å². The fourth-order valence-corrected chi connectivity index (χ4v) is 3.01. The first-order valence-corrected chi connectivity index (χ1v) is 10.5. The smallest absolute Gasteiger partial charge is 0.410 e. The lowest BCUT2D eigenvalue weighted by molar-refractivity contribution is -0.145. The van der Waals surface area contributed by atoms with Gasteiger partial charge in [-0.25, -0.2) is 9.59 Å². The van der Waals surface area contributed by atoms with Crippen molar-refractivity contribution in [1.82, 2.24) is 10.2 Å². The van der Waals surface area contributed by atoms with Gasteiger partial charge in [0.25, 0.3) is 0 Å². The van der Waals surface area contributed by atoms with Gasteiger partial charge in [0.05, 0.1) is 14.2 Å². The van der Waals surface area contributed by atoms with Crippen molar-refractivity contribution in [3.8, 4) is 23.8 Å². The maximum atomic E-state index is 13.0. The third kappa shape index (κ3) is 8.56. The zero-order valence-electron chi connectivity index (χ0n) is 20.4. The number of carbonyl (C=O) groups is 3. The van der Waals surface area contributed by atoms with Crippen LogP contribution >= 0.6 is 0 Å². The molecule has 0 unspecified atom stereocenters. The first-order valence-electron chi connectivity index (χ1n) is 10.5. The summed E-state index contributed by atoms with van der Waals surface area (Å²) in [6.07, 6.45) is 5.05. The number of methoxy groups -OCH3 is 2. The number of nitrogens with zero attached hydrogens (tertiary/aromatic N) is 1. The fraction of sp³-hybridized carbons (Fsp3) is 0.542. The summed E-state index contributed by atoms with van der Waals surface area (Å²) in [6.45, 7) is 7.07. The van der Waals surface area contributed by atoms with Crippen molar-refractivity contribution in [2.45, 2.75) is 58.2 Å². The number of hydrogen-bond donors (Lipinski definition) is 1. The van der Waals surface area contributed by atoms with Gasteiger partial charge < -0.3 is 24.3 Å². The summed E-state index contributed by atoms with van der Waals surface area (Å²) in [5.74, 6) is 2.16. The molecule has 1 N–H and O–H groups in total. The molecule has 182 valence electrons. The number of rotatable bonds is 10. The molecule has 2 amide bonds. The zero-order chi connectivity index (χ0) is 25.2. The molecule has 0 aliphatic rings. The number of carbonyl (C=O) groups excluding carboxylic acids is 3. The van der Waals surface area contributed by atoms with E-state index >= 15 is 0 Å². The molecule has 0 radical (unpaired) electrons. The van der Waals surface area contributed by atoms with E-state index in [1.807, 2.05) is 0 Å². The van der Waals surface area contributed by atoms with Gasteiger partial charge in [-0.15, -0.1) is 6.42 Å². The second-order valence-electron chi connectivity index (χ2n) is 8.28. The minimum absolute atomic E-state index is 0.0835. The molecule has 2 atom stereocenters. The van der Waals surface area contributed by atoms with Crippen LogP contribution in [0.15, 0.2) is 18.2 Å². The number of hydrogen-bond acceptors (Lipinski definition) is 7. The Hall–Kier alpha value is -3.41. The van der Waals surface area contributed by atoms with Gasteiger partial charge in [-0.3, -0.25) is 9.69 Å². The van der Waals surface area contributed by atoms with Gasteiger partial charge in [-0.2, -0.15) is 0 Å². The van der Waals surface area contributed by atoms with Gasteiger partial charge in [0.1, 0.15) is 24.3 Å². The second-order valence-corrected chi connectivity index (χ2v) is 8.28. The van der Waals surface area contributed by atoms with Crippen LogP contribution in [0.4, 0.5) is 4.79 Å². The highest BCUT2D eigenvalue weighted by atomic mass is 16.6. The standard InChI is InChI=1S/C24H34N2O7/c1-9-13-32-19-12-11-16(15-20(19)30-7)14-17(22(28)31-8)25-21(27)18(10-2)26(6)23(29)33-24(3,4)5/h1,11-12,15,17-18H,10,13-14H2,2-8H3,(H,25,27)/t17-,18-/m0/s1. The maximum Gasteiger partial charge on any atom is 0.410 e. The summed E-state index contributed by atoms with van der Waals surface area (Å²) >= 11 is 0. The molecular formula is C24H34N2O7. The van der Waals surface area contributed by atoms with Crippen molar-refractivity contribution in [3.05, 3.63) is 23.8 Å². The Balaban J connectivity index is 3.03. The molecule has 0 saturated heterocycles. The minimum Gasteiger partial charge on any atom is -0.493 e. The van der Waals surface area contributed by atoms with Crippen molar-refractivity contribution in [3.63, 3.8) is 0 Å². The number of esters is 1. The van der Waals surface area contributed by atoms with Gasteiger partial charge in [0.2, 0.25) is 5.91 Å². The van der Waals surface area contributed by atoms with Gasteiger partial charge in [-0.1, -0.05) is 18.9 Å². The summed E-state index contributed by atoms with van der Waals surface area (Å²) in [5, 5.41) is 2.69. The zero-order valence-corrected chi connectivity index (χ0v) is 20.4. The van der Waals surface area contributed by atoms with Crippen LogP contribution in [0.25, 0.3) is 0 Å². The summed E-state index contributed by atoms with van der Waals surface area (Å²) in [4.78, 5) is 39.0. The van der Waals surface area contributed by atoms with Crippen molar-refractivity contribution < 1.29 is 33.3 Å². The van der Waals surface area contributed by atoms with E-state index in [0.717, 1.165) is 0 Å². The molecule has 0 saturated carbocycles. The monoisotopic (exact) mass is 462 g/mol. The second kappa shape index (κ2) is 12.6. The highest BCUT2D eigenvalue weighted by Crippen LogP contribution is 2.28. The Morgan fingerprint density at radius 2 is 1.85 bits per heavy atom. The van der Waals surface area contributed by atoms with E-state index in [4.69, 9.17) is 25.4 Å². The predicted molar refractivity (Wildman–Crippen MR) is 123 cm³/mol. The Bertz CT molecular complexity index is 871. The van der Waals surface area contributed by atoms with E-state index in [1.165, 1.54) is 26.2 Å². The summed E-state index contributed by atoms with van der Waals surface area (Å²) in [5.41, 5.74) is -0.00626. The summed E-state index contributed by atoms with van der Waals surface area (Å²) < 4.78 is 21.0. The molecule has 0 spiro atoms. The molecule has 9 nitrogen and oxygen atoms in total. The van der Waals surface area contributed by atoms with Crippen molar-refractivity contribution in [1.29, 1.82) is 0 Å². The molecular weight excluding hydrogens is 428 g/mol. The maximum absolute atomic E-state index is 13.0. The number of terminal acetylenes is 1. The van der Waals surface area contributed by atoms with E-state index in [0.29, 0.717) is 23.5 Å². The van der Waals surface area contributed by atoms with Gasteiger partial charge in [0, 0.05) is 13.5 Å². The first kappa shape index (κ1) is 27.6. The highest BCUT2D eigenvalue weighted by Gasteiger charge is 2.32. The van der Waals surface area contributed by atoms with Gasteiger partial charge >= 0.3 is 12.1 Å². The van der Waals surface area contributed by atoms with Crippen LogP contribution in [0.2, 0.25) is 0 Å². The lowest BCUT2D eigenvalue weighted by Crippen LogP contribution is -2.53. The summed E-state index contributed by atoms with van der Waals surface area (Å²) in [7, 11) is 4.21. The summed E-state index contributed by atoms with van der Waals surface area (Å²) in [6, 6.07) is 3.29. The van der Waals surface area contributed by atoms with Crippen LogP contribution in [-0.4, -0.2) is 68.4 Å². The molecule has 0 aromatic heterocycles. The lowest BCUT2D eigenvalue weighted by atomic mass is 10.0. The van der Waals surface area contributed by atoms with Crippen molar-refractivity contribution in [2.24, 2.45) is 0 Å². The molecule has 0 fully saturated rings. The third-order valence-corrected chi connectivity index (χ3v) is 4.62. The normalized spacial score (nSPS) is 12.5. The molecule has 1 aromatic carbocycles. The number of nitrogens with one attached hydrogen (secondary N) is 1. The van der Waals surface area contributed by atoms with Crippen LogP contribution in [0, 0.1) is 12.3 Å². The Morgan fingerprint density at radius 1 is 1.18 bits per heavy atom. The highest BCUT2D eigenvalue weighted by molar-refractivity contribution is 5.89. The Morgan fingerprint density at radius 3 is 2.36 bits per heavy atom. The molecule has 0 aliphatic carbocycles. The molecule has 1 aromatic rings. The van der Waals surface area contributed by atoms with Gasteiger partial charge in [-0.05, 0) is 44.9 Å². The van der Waals surface area contributed by atoms with E-state index in [-0.39, 0.29) is 13.0 Å². The average Bonchev–Trinajstić information content (AvgIpc) is 2.76. The topological polar surface area (TPSA) is 103 Å². The SMILES string of the molecule is C#CCOc1ccc(C[C@H](NC(=O)[C@H](CC)N(C)C(=O)OC(C)(C)C)C(=O)OC)cc1OC. The molecule has 0 bridgehead atoms. The molecule has 0 heterocycles. The molecule has 9 heteroatoms. The van der Waals surface area contributed by atoms with E-state index in [2.05, 4.69) is 11.2 Å².